The van der Waals surface area contributed by atoms with Gasteiger partial charge in [0, 0.05) is 18.7 Å². The number of fused-ring (bicyclic) bond motifs is 1. The van der Waals surface area contributed by atoms with Crippen LogP contribution in [0.5, 0.6) is 0 Å². The van der Waals surface area contributed by atoms with Crippen molar-refractivity contribution in [3.63, 3.8) is 0 Å². The molecule has 2 aromatic heterocycles. The minimum Gasteiger partial charge on any atom is -0.394 e. The molecule has 1 saturated heterocycles. The maximum Gasteiger partial charge on any atom is 0.176 e. The minimum absolute atomic E-state index is 0.114. The highest BCUT2D eigenvalue weighted by Crippen LogP contribution is 2.42. The highest BCUT2D eigenvalue weighted by molar-refractivity contribution is 6.33. The Balaban J connectivity index is 2.11. The molecule has 1 unspecified atom stereocenters. The Morgan fingerprint density at radius 3 is 2.61 bits per heavy atom. The molecular weight excluding hydrogens is 395 g/mol. The van der Waals surface area contributed by atoms with Crippen molar-refractivity contribution in [1.82, 2.24) is 14.6 Å². The highest BCUT2D eigenvalue weighted by Gasteiger charge is 2.33. The van der Waals surface area contributed by atoms with E-state index < -0.39 is 23.0 Å². The van der Waals surface area contributed by atoms with Crippen LogP contribution in [0.4, 0.5) is 19.0 Å². The van der Waals surface area contributed by atoms with Crippen LogP contribution in [0, 0.1) is 28.8 Å². The smallest absolute Gasteiger partial charge is 0.176 e. The molecule has 1 N–H and O–H groups in total. The lowest BCUT2D eigenvalue weighted by Gasteiger charge is -2.28. The van der Waals surface area contributed by atoms with E-state index in [0.29, 0.717) is 25.1 Å². The van der Waals surface area contributed by atoms with Crippen molar-refractivity contribution >= 4 is 23.1 Å². The third-order valence-electron chi connectivity index (χ3n) is 4.82. The van der Waals surface area contributed by atoms with E-state index in [1.54, 1.807) is 4.90 Å². The molecule has 0 aliphatic carbocycles. The van der Waals surface area contributed by atoms with Crippen LogP contribution in [-0.2, 0) is 0 Å². The number of hydrogen-bond donors (Lipinski definition) is 1. The first kappa shape index (κ1) is 18.5. The lowest BCUT2D eigenvalue weighted by atomic mass is 10.1. The van der Waals surface area contributed by atoms with Gasteiger partial charge in [0.05, 0.1) is 30.0 Å². The fraction of sp³-hybridized carbons (Fsp3) is 0.278. The van der Waals surface area contributed by atoms with Gasteiger partial charge in [-0.1, -0.05) is 11.6 Å². The third kappa shape index (κ3) is 2.77. The van der Waals surface area contributed by atoms with Crippen molar-refractivity contribution in [1.29, 1.82) is 5.26 Å². The molecule has 144 valence electrons. The molecule has 3 aromatic rings. The van der Waals surface area contributed by atoms with Gasteiger partial charge < -0.3 is 10.0 Å². The van der Waals surface area contributed by atoms with Gasteiger partial charge >= 0.3 is 0 Å². The number of aliphatic hydroxyl groups is 1. The van der Waals surface area contributed by atoms with E-state index in [-0.39, 0.29) is 40.4 Å². The number of aromatic nitrogens is 3. The van der Waals surface area contributed by atoms with Gasteiger partial charge in [0.25, 0.3) is 0 Å². The Bertz CT molecular complexity index is 1100. The Hall–Kier alpha value is -2.83. The quantitative estimate of drug-likeness (QED) is 0.674. The van der Waals surface area contributed by atoms with E-state index in [2.05, 4.69) is 10.1 Å². The second kappa shape index (κ2) is 6.96. The van der Waals surface area contributed by atoms with Crippen molar-refractivity contribution in [2.24, 2.45) is 0 Å². The van der Waals surface area contributed by atoms with Crippen LogP contribution in [0.25, 0.3) is 16.8 Å². The number of rotatable bonds is 3. The van der Waals surface area contributed by atoms with Crippen LogP contribution in [0.3, 0.4) is 0 Å². The average Bonchev–Trinajstić information content (AvgIpc) is 3.27. The number of nitrogens with zero attached hydrogens (tertiary/aromatic N) is 5. The zero-order chi connectivity index (χ0) is 20.0. The fourth-order valence-electron chi connectivity index (χ4n) is 3.60. The van der Waals surface area contributed by atoms with Crippen molar-refractivity contribution in [2.75, 3.05) is 18.1 Å². The molecule has 1 aromatic carbocycles. The van der Waals surface area contributed by atoms with Gasteiger partial charge in [-0.05, 0) is 12.8 Å². The van der Waals surface area contributed by atoms with E-state index in [1.165, 1.54) is 10.7 Å². The summed E-state index contributed by atoms with van der Waals surface area (Å²) in [6.07, 6.45) is 2.65. The molecule has 0 spiro atoms. The van der Waals surface area contributed by atoms with Crippen LogP contribution >= 0.6 is 11.6 Å². The first-order valence-corrected chi connectivity index (χ1v) is 8.83. The van der Waals surface area contributed by atoms with Crippen LogP contribution in [0.15, 0.2) is 18.3 Å². The second-order valence-electron chi connectivity index (χ2n) is 6.42. The summed E-state index contributed by atoms with van der Waals surface area (Å²) in [6, 6.07) is 2.72. The molecule has 28 heavy (non-hydrogen) atoms. The van der Waals surface area contributed by atoms with Gasteiger partial charge in [0.2, 0.25) is 0 Å². The largest absolute Gasteiger partial charge is 0.394 e. The Kier molecular flexibility index (Phi) is 4.61. The molecule has 4 rings (SSSR count). The topological polar surface area (TPSA) is 77.5 Å². The second-order valence-corrected chi connectivity index (χ2v) is 6.78. The van der Waals surface area contributed by atoms with E-state index in [0.717, 1.165) is 6.42 Å². The molecule has 3 heterocycles. The van der Waals surface area contributed by atoms with Crippen molar-refractivity contribution < 1.29 is 18.3 Å². The molecule has 1 fully saturated rings. The van der Waals surface area contributed by atoms with Gasteiger partial charge in [0.15, 0.2) is 5.65 Å². The summed E-state index contributed by atoms with van der Waals surface area (Å²) in [5.74, 6) is -3.16. The van der Waals surface area contributed by atoms with Crippen LogP contribution in [0.2, 0.25) is 5.15 Å². The summed E-state index contributed by atoms with van der Waals surface area (Å²) in [7, 11) is 0. The average molecular weight is 408 g/mol. The maximum atomic E-state index is 14.6. The summed E-state index contributed by atoms with van der Waals surface area (Å²) < 4.78 is 43.8. The lowest BCUT2D eigenvalue weighted by Crippen LogP contribution is -2.34. The van der Waals surface area contributed by atoms with Crippen molar-refractivity contribution in [2.45, 2.75) is 18.9 Å². The molecule has 1 atom stereocenters. The first-order chi connectivity index (χ1) is 13.5. The van der Waals surface area contributed by atoms with Crippen LogP contribution < -0.4 is 4.90 Å². The molecule has 1 aliphatic heterocycles. The molecule has 0 amide bonds. The maximum absolute atomic E-state index is 14.6. The minimum atomic E-state index is -1.14. The van der Waals surface area contributed by atoms with E-state index >= 15 is 0 Å². The molecular formula is C18H13ClF3N5O. The number of hydrogen-bond acceptors (Lipinski definition) is 5. The summed E-state index contributed by atoms with van der Waals surface area (Å²) in [5, 5.41) is 22.9. The summed E-state index contributed by atoms with van der Waals surface area (Å²) in [6.45, 7) is 0.279. The van der Waals surface area contributed by atoms with Gasteiger partial charge in [-0.2, -0.15) is 14.9 Å². The first-order valence-electron chi connectivity index (χ1n) is 8.46. The standard InChI is InChI=1S/C18H13ClF3N5O/c19-16-15(14-12(21)4-10(20)5-13(14)22)18(26-3-1-2-11(26)8-28)27-17(25-16)9(6-23)7-24-27/h4-5,7,11,28H,1-3,8H2. The predicted octanol–water partition coefficient (Wildman–Crippen LogP) is 3.30. The van der Waals surface area contributed by atoms with E-state index in [9.17, 15) is 23.5 Å². The van der Waals surface area contributed by atoms with E-state index in [1.807, 2.05) is 6.07 Å². The number of nitriles is 1. The van der Waals surface area contributed by atoms with Gasteiger partial charge in [-0.25, -0.2) is 18.2 Å². The molecule has 1 aliphatic rings. The zero-order valence-corrected chi connectivity index (χ0v) is 15.1. The van der Waals surface area contributed by atoms with Crippen molar-refractivity contribution in [3.05, 3.63) is 46.5 Å². The third-order valence-corrected chi connectivity index (χ3v) is 5.09. The number of anilines is 1. The SMILES string of the molecule is N#Cc1cnn2c(N3CCCC3CO)c(-c3c(F)cc(F)cc3F)c(Cl)nc12. The molecule has 10 heteroatoms. The number of halogens is 4. The van der Waals surface area contributed by atoms with Gasteiger partial charge in [-0.3, -0.25) is 0 Å². The predicted molar refractivity (Wildman–Crippen MR) is 95.5 cm³/mol. The Labute approximate surface area is 162 Å². The Morgan fingerprint density at radius 2 is 1.96 bits per heavy atom. The van der Waals surface area contributed by atoms with Gasteiger partial charge in [-0.15, -0.1) is 0 Å². The summed E-state index contributed by atoms with van der Waals surface area (Å²) in [5.41, 5.74) is -0.405. The molecule has 6 nitrogen and oxygen atoms in total. The number of aliphatic hydroxyl groups excluding tert-OH is 1. The summed E-state index contributed by atoms with van der Waals surface area (Å²) in [4.78, 5) is 5.83. The fourth-order valence-corrected chi connectivity index (χ4v) is 3.86. The monoisotopic (exact) mass is 407 g/mol. The molecule has 0 bridgehead atoms. The van der Waals surface area contributed by atoms with E-state index in [4.69, 9.17) is 11.6 Å². The zero-order valence-electron chi connectivity index (χ0n) is 14.3. The van der Waals surface area contributed by atoms with Crippen molar-refractivity contribution in [3.8, 4) is 17.2 Å². The molecule has 0 radical (unpaired) electrons. The summed E-state index contributed by atoms with van der Waals surface area (Å²) >= 11 is 6.30. The van der Waals surface area contributed by atoms with Crippen LogP contribution in [0.1, 0.15) is 18.4 Å². The normalized spacial score (nSPS) is 16.7. The number of benzene rings is 1. The lowest BCUT2D eigenvalue weighted by molar-refractivity contribution is 0.266. The molecule has 0 saturated carbocycles. The Morgan fingerprint density at radius 1 is 1.25 bits per heavy atom. The van der Waals surface area contributed by atoms with Gasteiger partial charge in [0.1, 0.15) is 40.1 Å². The highest BCUT2D eigenvalue weighted by atomic mass is 35.5. The van der Waals surface area contributed by atoms with Crippen LogP contribution in [-0.4, -0.2) is 38.9 Å².